The second kappa shape index (κ2) is 11.0. The number of amides is 1. The molecule has 0 aliphatic heterocycles. The van der Waals surface area contributed by atoms with Crippen LogP contribution >= 0.6 is 11.8 Å². The SMILES string of the molecule is CCOC(=O)[C@H](CSC(=O)C(C)c1ccc(CC(C)C)cc1)NC(C)=O. The molecule has 1 N–H and O–H groups in total. The summed E-state index contributed by atoms with van der Waals surface area (Å²) >= 11 is 1.04. The summed E-state index contributed by atoms with van der Waals surface area (Å²) in [6, 6.07) is 7.27. The molecule has 0 aliphatic carbocycles. The fraction of sp³-hybridized carbons (Fsp3) is 0.550. The number of carbonyl (C=O) groups excluding carboxylic acids is 3. The van der Waals surface area contributed by atoms with Gasteiger partial charge in [0.1, 0.15) is 6.04 Å². The van der Waals surface area contributed by atoms with Crippen molar-refractivity contribution in [1.29, 1.82) is 0 Å². The molecule has 5 nitrogen and oxygen atoms in total. The summed E-state index contributed by atoms with van der Waals surface area (Å²) in [5.41, 5.74) is 2.20. The van der Waals surface area contributed by atoms with E-state index in [1.165, 1.54) is 12.5 Å². The van der Waals surface area contributed by atoms with Crippen molar-refractivity contribution in [2.45, 2.75) is 53.0 Å². The second-order valence-electron chi connectivity index (χ2n) is 6.70. The quantitative estimate of drug-likeness (QED) is 0.667. The molecule has 0 bridgehead atoms. The van der Waals surface area contributed by atoms with Crippen molar-refractivity contribution in [3.63, 3.8) is 0 Å². The van der Waals surface area contributed by atoms with Crippen LogP contribution in [0.1, 0.15) is 51.7 Å². The fourth-order valence-corrected chi connectivity index (χ4v) is 3.43. The highest BCUT2D eigenvalue weighted by atomic mass is 32.2. The number of benzene rings is 1. The smallest absolute Gasteiger partial charge is 0.329 e. The average molecular weight is 380 g/mol. The molecule has 0 radical (unpaired) electrons. The van der Waals surface area contributed by atoms with Crippen LogP contribution in [-0.4, -0.2) is 35.4 Å². The summed E-state index contributed by atoms with van der Waals surface area (Å²) in [5, 5.41) is 2.50. The van der Waals surface area contributed by atoms with Crippen LogP contribution < -0.4 is 5.32 Å². The number of rotatable bonds is 9. The van der Waals surface area contributed by atoms with E-state index in [-0.39, 0.29) is 29.3 Å². The third kappa shape index (κ3) is 7.60. The van der Waals surface area contributed by atoms with Crippen molar-refractivity contribution in [3.05, 3.63) is 35.4 Å². The summed E-state index contributed by atoms with van der Waals surface area (Å²) in [6.45, 7) is 9.46. The Bertz CT molecular complexity index is 613. The maximum Gasteiger partial charge on any atom is 0.329 e. The lowest BCUT2D eigenvalue weighted by molar-refractivity contribution is -0.146. The average Bonchev–Trinajstić information content (AvgIpc) is 2.57. The lowest BCUT2D eigenvalue weighted by atomic mass is 9.97. The van der Waals surface area contributed by atoms with Crippen LogP contribution in [0.5, 0.6) is 0 Å². The van der Waals surface area contributed by atoms with E-state index in [1.807, 2.05) is 19.1 Å². The van der Waals surface area contributed by atoms with Crippen LogP contribution in [0, 0.1) is 5.92 Å². The molecule has 0 spiro atoms. The number of ether oxygens (including phenoxy) is 1. The molecule has 1 unspecified atom stereocenters. The molecule has 1 rings (SSSR count). The minimum atomic E-state index is -0.818. The summed E-state index contributed by atoms with van der Waals surface area (Å²) in [5.74, 6) is -0.386. The predicted molar refractivity (Wildman–Crippen MR) is 105 cm³/mol. The highest BCUT2D eigenvalue weighted by molar-refractivity contribution is 8.13. The van der Waals surface area contributed by atoms with Gasteiger partial charge < -0.3 is 10.1 Å². The number of carbonyl (C=O) groups is 3. The molecule has 1 amide bonds. The standard InChI is InChI=1S/C20H29NO4S/c1-6-25-19(23)18(21-15(5)22)12-26-20(24)14(4)17-9-7-16(8-10-17)11-13(2)3/h7-10,13-14,18H,6,11-12H2,1-5H3,(H,21,22)/t14?,18-/m0/s1. The van der Waals surface area contributed by atoms with Gasteiger partial charge in [-0.3, -0.25) is 9.59 Å². The van der Waals surface area contributed by atoms with Crippen LogP contribution in [0.15, 0.2) is 24.3 Å². The highest BCUT2D eigenvalue weighted by Gasteiger charge is 2.24. The lowest BCUT2D eigenvalue weighted by Crippen LogP contribution is -2.43. The van der Waals surface area contributed by atoms with Crippen LogP contribution in [-0.2, 0) is 25.5 Å². The molecule has 0 fully saturated rings. The van der Waals surface area contributed by atoms with Gasteiger partial charge in [0.25, 0.3) is 0 Å². The van der Waals surface area contributed by atoms with E-state index in [1.54, 1.807) is 6.92 Å². The van der Waals surface area contributed by atoms with Gasteiger partial charge in [-0.1, -0.05) is 56.8 Å². The fourth-order valence-electron chi connectivity index (χ4n) is 2.50. The van der Waals surface area contributed by atoms with Crippen LogP contribution in [0.25, 0.3) is 0 Å². The largest absolute Gasteiger partial charge is 0.464 e. The molecule has 0 saturated carbocycles. The molecule has 1 aromatic carbocycles. The topological polar surface area (TPSA) is 72.5 Å². The first kappa shape index (κ1) is 22.2. The van der Waals surface area contributed by atoms with Gasteiger partial charge in [-0.2, -0.15) is 0 Å². The third-order valence-electron chi connectivity index (χ3n) is 3.82. The highest BCUT2D eigenvalue weighted by Crippen LogP contribution is 2.24. The molecular formula is C20H29NO4S. The zero-order chi connectivity index (χ0) is 19.7. The van der Waals surface area contributed by atoms with Gasteiger partial charge in [0.15, 0.2) is 5.12 Å². The normalized spacial score (nSPS) is 13.2. The molecule has 0 saturated heterocycles. The summed E-state index contributed by atoms with van der Waals surface area (Å²) in [4.78, 5) is 35.6. The molecule has 144 valence electrons. The molecule has 1 aromatic rings. The molecule has 26 heavy (non-hydrogen) atoms. The summed E-state index contributed by atoms with van der Waals surface area (Å²) in [7, 11) is 0. The van der Waals surface area contributed by atoms with E-state index >= 15 is 0 Å². The van der Waals surface area contributed by atoms with Crippen molar-refractivity contribution in [2.75, 3.05) is 12.4 Å². The number of hydrogen-bond acceptors (Lipinski definition) is 5. The molecule has 0 aromatic heterocycles. The number of hydrogen-bond donors (Lipinski definition) is 1. The first-order valence-corrected chi connectivity index (χ1v) is 9.92. The van der Waals surface area contributed by atoms with Crippen LogP contribution in [0.3, 0.4) is 0 Å². The minimum Gasteiger partial charge on any atom is -0.464 e. The van der Waals surface area contributed by atoms with Gasteiger partial charge >= 0.3 is 5.97 Å². The molecule has 6 heteroatoms. The molecule has 2 atom stereocenters. The zero-order valence-electron chi connectivity index (χ0n) is 16.2. The maximum absolute atomic E-state index is 12.5. The monoisotopic (exact) mass is 379 g/mol. The second-order valence-corrected chi connectivity index (χ2v) is 7.72. The van der Waals surface area contributed by atoms with E-state index in [9.17, 15) is 14.4 Å². The van der Waals surface area contributed by atoms with Gasteiger partial charge in [-0.25, -0.2) is 4.79 Å². The number of esters is 1. The first-order valence-electron chi connectivity index (χ1n) is 8.93. The number of nitrogens with one attached hydrogen (secondary N) is 1. The Hall–Kier alpha value is -1.82. The van der Waals surface area contributed by atoms with Crippen molar-refractivity contribution in [2.24, 2.45) is 5.92 Å². The first-order chi connectivity index (χ1) is 12.2. The van der Waals surface area contributed by atoms with E-state index in [2.05, 4.69) is 31.3 Å². The Morgan fingerprint density at radius 1 is 1.12 bits per heavy atom. The van der Waals surface area contributed by atoms with Crippen molar-refractivity contribution >= 4 is 28.8 Å². The summed E-state index contributed by atoms with van der Waals surface area (Å²) < 4.78 is 4.95. The molecule has 0 heterocycles. The Balaban J connectivity index is 2.66. The summed E-state index contributed by atoms with van der Waals surface area (Å²) in [6.07, 6.45) is 1.01. The number of thioether (sulfide) groups is 1. The molecule has 0 aliphatic rings. The van der Waals surface area contributed by atoms with Gasteiger partial charge in [0.05, 0.1) is 12.5 Å². The van der Waals surface area contributed by atoms with Gasteiger partial charge in [-0.15, -0.1) is 0 Å². The van der Waals surface area contributed by atoms with Crippen molar-refractivity contribution in [1.82, 2.24) is 5.32 Å². The lowest BCUT2D eigenvalue weighted by Gasteiger charge is -2.17. The van der Waals surface area contributed by atoms with Gasteiger partial charge in [-0.05, 0) is 30.4 Å². The van der Waals surface area contributed by atoms with Crippen LogP contribution in [0.2, 0.25) is 0 Å². The van der Waals surface area contributed by atoms with Crippen molar-refractivity contribution < 1.29 is 19.1 Å². The van der Waals surface area contributed by atoms with E-state index in [0.29, 0.717) is 5.92 Å². The van der Waals surface area contributed by atoms with E-state index in [4.69, 9.17) is 4.74 Å². The Kier molecular flexibility index (Phi) is 9.41. The Morgan fingerprint density at radius 3 is 2.23 bits per heavy atom. The van der Waals surface area contributed by atoms with E-state index in [0.717, 1.165) is 23.7 Å². The molecular weight excluding hydrogens is 350 g/mol. The van der Waals surface area contributed by atoms with Crippen LogP contribution in [0.4, 0.5) is 0 Å². The van der Waals surface area contributed by atoms with Gasteiger partial charge in [0.2, 0.25) is 5.91 Å². The minimum absolute atomic E-state index is 0.0405. The van der Waals surface area contributed by atoms with Crippen molar-refractivity contribution in [3.8, 4) is 0 Å². The Morgan fingerprint density at radius 2 is 1.73 bits per heavy atom. The van der Waals surface area contributed by atoms with Gasteiger partial charge in [0, 0.05) is 12.7 Å². The predicted octanol–water partition coefficient (Wildman–Crippen LogP) is 3.32. The maximum atomic E-state index is 12.5. The Labute approximate surface area is 160 Å². The third-order valence-corrected chi connectivity index (χ3v) is 4.96. The van der Waals surface area contributed by atoms with E-state index < -0.39 is 12.0 Å². The zero-order valence-corrected chi connectivity index (χ0v) is 17.0.